The number of hydrogen-bond donors (Lipinski definition) is 1. The fourth-order valence-corrected chi connectivity index (χ4v) is 2.39. The molecule has 1 aliphatic rings. The molecule has 3 heteroatoms. The van der Waals surface area contributed by atoms with Gasteiger partial charge < -0.3 is 10.1 Å². The van der Waals surface area contributed by atoms with E-state index in [4.69, 9.17) is 4.74 Å². The second-order valence-corrected chi connectivity index (χ2v) is 4.56. The van der Waals surface area contributed by atoms with Gasteiger partial charge in [0.05, 0.1) is 13.3 Å². The van der Waals surface area contributed by atoms with Crippen molar-refractivity contribution in [2.75, 3.05) is 12.4 Å². The molecule has 1 aromatic heterocycles. The average molecular weight is 220 g/mol. The number of pyridine rings is 1. The van der Waals surface area contributed by atoms with Gasteiger partial charge in [0.1, 0.15) is 11.6 Å². The summed E-state index contributed by atoms with van der Waals surface area (Å²) in [6, 6.07) is 4.43. The van der Waals surface area contributed by atoms with Gasteiger partial charge in [-0.25, -0.2) is 4.98 Å². The first-order valence-corrected chi connectivity index (χ1v) is 6.06. The zero-order valence-electron chi connectivity index (χ0n) is 10.1. The van der Waals surface area contributed by atoms with E-state index >= 15 is 0 Å². The van der Waals surface area contributed by atoms with Crippen molar-refractivity contribution in [2.24, 2.45) is 5.92 Å². The van der Waals surface area contributed by atoms with Crippen LogP contribution in [0.15, 0.2) is 18.3 Å². The maximum absolute atomic E-state index is 5.08. The minimum absolute atomic E-state index is 0.517. The first kappa shape index (κ1) is 11.2. The quantitative estimate of drug-likeness (QED) is 0.846. The maximum Gasteiger partial charge on any atom is 0.137 e. The van der Waals surface area contributed by atoms with Crippen molar-refractivity contribution in [3.63, 3.8) is 0 Å². The van der Waals surface area contributed by atoms with Gasteiger partial charge in [-0.05, 0) is 37.8 Å². The van der Waals surface area contributed by atoms with Gasteiger partial charge in [-0.2, -0.15) is 0 Å². The second-order valence-electron chi connectivity index (χ2n) is 4.56. The van der Waals surface area contributed by atoms with Crippen LogP contribution in [-0.2, 0) is 0 Å². The summed E-state index contributed by atoms with van der Waals surface area (Å²) in [5, 5.41) is 3.47. The topological polar surface area (TPSA) is 34.1 Å². The van der Waals surface area contributed by atoms with Crippen LogP contribution >= 0.6 is 0 Å². The van der Waals surface area contributed by atoms with Crippen molar-refractivity contribution in [1.29, 1.82) is 0 Å². The lowest BCUT2D eigenvalue weighted by Crippen LogP contribution is -2.24. The number of aromatic nitrogens is 1. The molecular formula is C13H20N2O. The number of ether oxygens (including phenoxy) is 1. The van der Waals surface area contributed by atoms with Gasteiger partial charge in [-0.1, -0.05) is 12.8 Å². The molecule has 1 heterocycles. The molecule has 0 amide bonds. The minimum Gasteiger partial charge on any atom is -0.495 e. The van der Waals surface area contributed by atoms with Crippen LogP contribution in [-0.4, -0.2) is 18.1 Å². The molecule has 0 radical (unpaired) electrons. The lowest BCUT2D eigenvalue weighted by atomic mass is 10.00. The number of rotatable bonds is 4. The predicted molar refractivity (Wildman–Crippen MR) is 65.8 cm³/mol. The zero-order valence-corrected chi connectivity index (χ0v) is 10.1. The Morgan fingerprint density at radius 1 is 1.38 bits per heavy atom. The van der Waals surface area contributed by atoms with E-state index < -0.39 is 0 Å². The third-order valence-electron chi connectivity index (χ3n) is 3.45. The third-order valence-corrected chi connectivity index (χ3v) is 3.45. The van der Waals surface area contributed by atoms with Crippen molar-refractivity contribution >= 4 is 5.82 Å². The van der Waals surface area contributed by atoms with Crippen LogP contribution in [0.1, 0.15) is 32.6 Å². The van der Waals surface area contributed by atoms with Crippen LogP contribution in [0.2, 0.25) is 0 Å². The molecule has 1 N–H and O–H groups in total. The van der Waals surface area contributed by atoms with E-state index in [2.05, 4.69) is 17.2 Å². The Labute approximate surface area is 97.2 Å². The van der Waals surface area contributed by atoms with E-state index in [0.717, 1.165) is 17.5 Å². The summed E-state index contributed by atoms with van der Waals surface area (Å²) in [7, 11) is 1.66. The lowest BCUT2D eigenvalue weighted by molar-refractivity contribution is 0.413. The fourth-order valence-electron chi connectivity index (χ4n) is 2.39. The number of methoxy groups -OCH3 is 1. The third kappa shape index (κ3) is 2.65. The SMILES string of the molecule is COc1ccc(NC(C)C2CCCC2)nc1. The van der Waals surface area contributed by atoms with Crippen LogP contribution in [0.25, 0.3) is 0 Å². The van der Waals surface area contributed by atoms with E-state index in [0.29, 0.717) is 6.04 Å². The van der Waals surface area contributed by atoms with E-state index in [1.54, 1.807) is 13.3 Å². The molecule has 1 aromatic rings. The van der Waals surface area contributed by atoms with Gasteiger partial charge in [0.2, 0.25) is 0 Å². The number of hydrogen-bond acceptors (Lipinski definition) is 3. The standard InChI is InChI=1S/C13H20N2O/c1-10(11-5-3-4-6-11)15-13-8-7-12(16-2)9-14-13/h7-11H,3-6H2,1-2H3,(H,14,15). The number of nitrogens with zero attached hydrogens (tertiary/aromatic N) is 1. The van der Waals surface area contributed by atoms with E-state index in [-0.39, 0.29) is 0 Å². The monoisotopic (exact) mass is 220 g/mol. The Bertz CT molecular complexity index is 317. The highest BCUT2D eigenvalue weighted by atomic mass is 16.5. The highest BCUT2D eigenvalue weighted by Crippen LogP contribution is 2.29. The summed E-state index contributed by atoms with van der Waals surface area (Å²) in [5.41, 5.74) is 0. The highest BCUT2D eigenvalue weighted by molar-refractivity contribution is 5.38. The summed E-state index contributed by atoms with van der Waals surface area (Å²) in [6.07, 6.45) is 7.22. The summed E-state index contributed by atoms with van der Waals surface area (Å²) >= 11 is 0. The zero-order chi connectivity index (χ0) is 11.4. The Balaban J connectivity index is 1.92. The van der Waals surface area contributed by atoms with Crippen molar-refractivity contribution in [3.8, 4) is 5.75 Å². The molecule has 0 spiro atoms. The van der Waals surface area contributed by atoms with Gasteiger partial charge in [0.15, 0.2) is 0 Å². The maximum atomic E-state index is 5.08. The molecule has 0 aromatic carbocycles. The Morgan fingerprint density at radius 3 is 2.69 bits per heavy atom. The molecule has 16 heavy (non-hydrogen) atoms. The fraction of sp³-hybridized carbons (Fsp3) is 0.615. The molecule has 2 rings (SSSR count). The van der Waals surface area contributed by atoms with Crippen molar-refractivity contribution in [1.82, 2.24) is 4.98 Å². The summed E-state index contributed by atoms with van der Waals surface area (Å²) in [4.78, 5) is 4.32. The van der Waals surface area contributed by atoms with Crippen LogP contribution in [0, 0.1) is 5.92 Å². The summed E-state index contributed by atoms with van der Waals surface area (Å²) < 4.78 is 5.08. The second kappa shape index (κ2) is 5.19. The van der Waals surface area contributed by atoms with Gasteiger partial charge in [0.25, 0.3) is 0 Å². The van der Waals surface area contributed by atoms with Gasteiger partial charge >= 0.3 is 0 Å². The van der Waals surface area contributed by atoms with Crippen LogP contribution < -0.4 is 10.1 Å². The normalized spacial score (nSPS) is 18.4. The summed E-state index contributed by atoms with van der Waals surface area (Å²) in [5.74, 6) is 2.56. The molecule has 0 bridgehead atoms. The van der Waals surface area contributed by atoms with Gasteiger partial charge in [0, 0.05) is 6.04 Å². The lowest BCUT2D eigenvalue weighted by Gasteiger charge is -2.20. The molecule has 0 aliphatic heterocycles. The average Bonchev–Trinajstić information content (AvgIpc) is 2.83. The number of nitrogens with one attached hydrogen (secondary N) is 1. The Kier molecular flexibility index (Phi) is 3.65. The molecule has 1 saturated carbocycles. The van der Waals surface area contributed by atoms with E-state index in [9.17, 15) is 0 Å². The Morgan fingerprint density at radius 2 is 2.12 bits per heavy atom. The molecule has 88 valence electrons. The van der Waals surface area contributed by atoms with Crippen LogP contribution in [0.5, 0.6) is 5.75 Å². The number of anilines is 1. The molecule has 3 nitrogen and oxygen atoms in total. The molecule has 1 atom stereocenters. The summed E-state index contributed by atoms with van der Waals surface area (Å²) in [6.45, 7) is 2.25. The van der Waals surface area contributed by atoms with E-state index in [1.807, 2.05) is 12.1 Å². The first-order valence-electron chi connectivity index (χ1n) is 6.06. The minimum atomic E-state index is 0.517. The Hall–Kier alpha value is -1.25. The van der Waals surface area contributed by atoms with Crippen molar-refractivity contribution in [2.45, 2.75) is 38.6 Å². The molecule has 0 saturated heterocycles. The molecular weight excluding hydrogens is 200 g/mol. The largest absolute Gasteiger partial charge is 0.495 e. The molecule has 1 unspecified atom stereocenters. The van der Waals surface area contributed by atoms with Gasteiger partial charge in [-0.3, -0.25) is 0 Å². The highest BCUT2D eigenvalue weighted by Gasteiger charge is 2.21. The van der Waals surface area contributed by atoms with Crippen molar-refractivity contribution < 1.29 is 4.74 Å². The van der Waals surface area contributed by atoms with Gasteiger partial charge in [-0.15, -0.1) is 0 Å². The van der Waals surface area contributed by atoms with Crippen LogP contribution in [0.3, 0.4) is 0 Å². The predicted octanol–water partition coefficient (Wildman–Crippen LogP) is 3.08. The van der Waals surface area contributed by atoms with E-state index in [1.165, 1.54) is 25.7 Å². The molecule has 1 fully saturated rings. The molecule has 1 aliphatic carbocycles. The first-order chi connectivity index (χ1) is 7.79. The van der Waals surface area contributed by atoms with Crippen molar-refractivity contribution in [3.05, 3.63) is 18.3 Å². The van der Waals surface area contributed by atoms with Crippen LogP contribution in [0.4, 0.5) is 5.82 Å². The smallest absolute Gasteiger partial charge is 0.137 e.